The molecule has 0 radical (unpaired) electrons. The van der Waals surface area contributed by atoms with Crippen molar-refractivity contribution >= 4 is 38.8 Å². The van der Waals surface area contributed by atoms with E-state index in [1.165, 1.54) is 17.6 Å². The van der Waals surface area contributed by atoms with E-state index in [4.69, 9.17) is 9.57 Å². The highest BCUT2D eigenvalue weighted by atomic mass is 79.9. The Hall–Kier alpha value is -2.19. The van der Waals surface area contributed by atoms with Crippen molar-refractivity contribution in [2.24, 2.45) is 5.92 Å². The van der Waals surface area contributed by atoms with Gasteiger partial charge in [-0.2, -0.15) is 0 Å². The zero-order chi connectivity index (χ0) is 23.0. The molecule has 0 unspecified atom stereocenters. The number of benzene rings is 1. The van der Waals surface area contributed by atoms with Gasteiger partial charge in [0.1, 0.15) is 5.60 Å². The molecule has 0 saturated carbocycles. The van der Waals surface area contributed by atoms with E-state index >= 15 is 0 Å². The van der Waals surface area contributed by atoms with Crippen molar-refractivity contribution < 1.29 is 19.2 Å². The van der Waals surface area contributed by atoms with Crippen molar-refractivity contribution in [1.82, 2.24) is 14.9 Å². The Morgan fingerprint density at radius 1 is 1.23 bits per heavy atom. The number of amides is 2. The summed E-state index contributed by atoms with van der Waals surface area (Å²) in [6.45, 7) is 6.86. The van der Waals surface area contributed by atoms with Crippen LogP contribution in [-0.2, 0) is 14.4 Å². The number of hydrogen-bond acceptors (Lipinski definition) is 5. The quantitative estimate of drug-likeness (QED) is 0.559. The largest absolute Gasteiger partial charge is 0.444 e. The molecular formula is C23H32BrN3O4. The van der Waals surface area contributed by atoms with Crippen LogP contribution < -0.4 is 0 Å². The average Bonchev–Trinajstić information content (AvgIpc) is 2.72. The summed E-state index contributed by atoms with van der Waals surface area (Å²) in [4.78, 5) is 34.5. The molecule has 0 atom stereocenters. The van der Waals surface area contributed by atoms with Crippen molar-refractivity contribution in [2.45, 2.75) is 45.6 Å². The number of carbonyl (C=O) groups excluding carboxylic acids is 2. The van der Waals surface area contributed by atoms with Crippen molar-refractivity contribution in [3.63, 3.8) is 0 Å². The third-order valence-corrected chi connectivity index (χ3v) is 5.35. The van der Waals surface area contributed by atoms with Gasteiger partial charge in [0.05, 0.1) is 12.6 Å². The maximum absolute atomic E-state index is 11.9. The van der Waals surface area contributed by atoms with Crippen molar-refractivity contribution in [1.29, 1.82) is 0 Å². The minimum atomic E-state index is -0.467. The Bertz CT molecular complexity index is 876. The van der Waals surface area contributed by atoms with Crippen LogP contribution in [-0.4, -0.2) is 59.8 Å². The van der Waals surface area contributed by atoms with Gasteiger partial charge in [-0.25, -0.2) is 9.86 Å². The Kier molecular flexibility index (Phi) is 9.25. The number of nitrogens with zero attached hydrogens (tertiary/aromatic N) is 3. The molecular weight excluding hydrogens is 462 g/mol. The van der Waals surface area contributed by atoms with Crippen LogP contribution in [0.2, 0.25) is 0 Å². The van der Waals surface area contributed by atoms with Gasteiger partial charge in [-0.15, -0.1) is 0 Å². The number of para-hydroxylation sites is 1. The zero-order valence-electron chi connectivity index (χ0n) is 18.9. The molecule has 2 aromatic rings. The highest BCUT2D eigenvalue weighted by Crippen LogP contribution is 2.23. The van der Waals surface area contributed by atoms with Gasteiger partial charge in [0, 0.05) is 42.6 Å². The van der Waals surface area contributed by atoms with Gasteiger partial charge in [0.15, 0.2) is 0 Å². The molecule has 0 aliphatic carbocycles. The fraction of sp³-hybridized carbons (Fsp3) is 0.522. The molecule has 1 aromatic carbocycles. The van der Waals surface area contributed by atoms with Gasteiger partial charge in [-0.05, 0) is 67.6 Å². The second-order valence-electron chi connectivity index (χ2n) is 8.53. The number of hydrogen-bond donors (Lipinski definition) is 0. The molecule has 0 spiro atoms. The predicted molar refractivity (Wildman–Crippen MR) is 124 cm³/mol. The second kappa shape index (κ2) is 11.4. The van der Waals surface area contributed by atoms with E-state index in [9.17, 15) is 9.59 Å². The fourth-order valence-corrected chi connectivity index (χ4v) is 3.52. The van der Waals surface area contributed by atoms with Crippen LogP contribution in [0.3, 0.4) is 0 Å². The van der Waals surface area contributed by atoms with Gasteiger partial charge in [0.25, 0.3) is 0 Å². The lowest BCUT2D eigenvalue weighted by molar-refractivity contribution is -0.170. The van der Waals surface area contributed by atoms with Crippen molar-refractivity contribution in [3.05, 3.63) is 41.0 Å². The molecule has 1 aliphatic heterocycles. The van der Waals surface area contributed by atoms with Crippen LogP contribution in [0.25, 0.3) is 10.9 Å². The lowest BCUT2D eigenvalue weighted by Crippen LogP contribution is -2.42. The molecule has 1 aromatic heterocycles. The van der Waals surface area contributed by atoms with Crippen LogP contribution in [0, 0.1) is 5.92 Å². The molecule has 2 amide bonds. The summed E-state index contributed by atoms with van der Waals surface area (Å²) < 4.78 is 6.37. The number of pyridine rings is 1. The number of hydroxylamine groups is 2. The van der Waals surface area contributed by atoms with Crippen LogP contribution in [0.4, 0.5) is 4.79 Å². The molecule has 7 nitrogen and oxygen atoms in total. The topological polar surface area (TPSA) is 72.0 Å². The highest BCUT2D eigenvalue weighted by molar-refractivity contribution is 9.10. The van der Waals surface area contributed by atoms with E-state index in [1.807, 2.05) is 51.2 Å². The summed E-state index contributed by atoms with van der Waals surface area (Å²) in [5.74, 6) is 0.280. The Balaban J connectivity index is 0.000000258. The first-order chi connectivity index (χ1) is 14.6. The summed E-state index contributed by atoms with van der Waals surface area (Å²) in [7, 11) is 3.08. The van der Waals surface area contributed by atoms with Crippen LogP contribution in [0.5, 0.6) is 0 Å². The number of fused-ring (bicyclic) bond motifs is 1. The minimum absolute atomic E-state index is 0.0248. The van der Waals surface area contributed by atoms with Gasteiger partial charge in [0.2, 0.25) is 5.91 Å². The molecule has 1 aliphatic rings. The summed E-state index contributed by atoms with van der Waals surface area (Å²) in [5.41, 5.74) is 0.570. The molecule has 1 saturated heterocycles. The lowest BCUT2D eigenvalue weighted by Gasteiger charge is -2.33. The molecule has 8 heteroatoms. The number of piperidine rings is 1. The number of rotatable bonds is 3. The normalized spacial score (nSPS) is 14.6. The van der Waals surface area contributed by atoms with Crippen LogP contribution in [0.15, 0.2) is 41.0 Å². The van der Waals surface area contributed by atoms with Gasteiger partial charge >= 0.3 is 6.09 Å². The van der Waals surface area contributed by atoms with Crippen molar-refractivity contribution in [2.75, 3.05) is 27.2 Å². The number of likely N-dealkylation sites (tertiary alicyclic amines) is 1. The Morgan fingerprint density at radius 3 is 2.48 bits per heavy atom. The van der Waals surface area contributed by atoms with Gasteiger partial charge in [-0.3, -0.25) is 14.6 Å². The summed E-state index contributed by atoms with van der Waals surface area (Å²) in [6.07, 6.45) is 3.65. The van der Waals surface area contributed by atoms with Gasteiger partial charge in [-0.1, -0.05) is 18.2 Å². The number of halogens is 1. The molecule has 0 N–H and O–H groups in total. The Morgan fingerprint density at radius 2 is 1.87 bits per heavy atom. The van der Waals surface area contributed by atoms with Crippen molar-refractivity contribution in [3.8, 4) is 0 Å². The van der Waals surface area contributed by atoms with E-state index in [-0.39, 0.29) is 12.0 Å². The maximum Gasteiger partial charge on any atom is 0.410 e. The standard InChI is InChI=1S/C14H26N2O4.C9H6BrN/c1-14(2,3)20-13(18)16-8-6-11(7-9-16)10-12(17)15(4)19-5;10-8-5-7-3-1-2-4-9(7)11-6-8/h11H,6-10H2,1-5H3;1-6H. The molecule has 31 heavy (non-hydrogen) atoms. The van der Waals surface area contributed by atoms with E-state index in [1.54, 1.807) is 11.9 Å². The first-order valence-corrected chi connectivity index (χ1v) is 11.2. The third kappa shape index (κ3) is 8.45. The Labute approximate surface area is 192 Å². The fourth-order valence-electron chi connectivity index (χ4n) is 3.17. The zero-order valence-corrected chi connectivity index (χ0v) is 20.5. The minimum Gasteiger partial charge on any atom is -0.444 e. The lowest BCUT2D eigenvalue weighted by atomic mass is 9.93. The summed E-state index contributed by atoms with van der Waals surface area (Å²) in [5, 5.41) is 2.42. The SMILES string of the molecule is Brc1cnc2ccccc2c1.CON(C)C(=O)CC1CCN(C(=O)OC(C)(C)C)CC1. The first kappa shape index (κ1) is 25.1. The molecule has 170 valence electrons. The maximum atomic E-state index is 11.9. The smallest absolute Gasteiger partial charge is 0.410 e. The summed E-state index contributed by atoms with van der Waals surface area (Å²) in [6, 6.07) is 10.1. The van der Waals surface area contributed by atoms with Crippen LogP contribution in [0.1, 0.15) is 40.0 Å². The van der Waals surface area contributed by atoms with E-state index in [0.717, 1.165) is 22.8 Å². The number of carbonyl (C=O) groups is 2. The first-order valence-electron chi connectivity index (χ1n) is 10.4. The molecule has 2 heterocycles. The average molecular weight is 494 g/mol. The van der Waals surface area contributed by atoms with Crippen LogP contribution >= 0.6 is 15.9 Å². The third-order valence-electron chi connectivity index (χ3n) is 4.91. The van der Waals surface area contributed by atoms with Gasteiger partial charge < -0.3 is 9.64 Å². The molecule has 1 fully saturated rings. The predicted octanol–water partition coefficient (Wildman–Crippen LogP) is 5.04. The van der Waals surface area contributed by atoms with E-state index < -0.39 is 5.60 Å². The molecule has 3 rings (SSSR count). The van der Waals surface area contributed by atoms with E-state index in [2.05, 4.69) is 27.0 Å². The number of aromatic nitrogens is 1. The monoisotopic (exact) mass is 493 g/mol. The number of ether oxygens (including phenoxy) is 1. The van der Waals surface area contributed by atoms with E-state index in [0.29, 0.717) is 25.4 Å². The second-order valence-corrected chi connectivity index (χ2v) is 9.45. The highest BCUT2D eigenvalue weighted by Gasteiger charge is 2.28. The molecule has 0 bridgehead atoms. The summed E-state index contributed by atoms with van der Waals surface area (Å²) >= 11 is 3.37.